The topological polar surface area (TPSA) is 59.1 Å². The minimum Gasteiger partial charge on any atom is -0.388 e. The van der Waals surface area contributed by atoms with Gasteiger partial charge in [-0.2, -0.15) is 0 Å². The maximum absolute atomic E-state index is 10.4. The van der Waals surface area contributed by atoms with Gasteiger partial charge in [-0.1, -0.05) is 6.42 Å². The van der Waals surface area contributed by atoms with Gasteiger partial charge in [-0.15, -0.1) is 11.8 Å². The van der Waals surface area contributed by atoms with Gasteiger partial charge in [0.25, 0.3) is 0 Å². The zero-order valence-electron chi connectivity index (χ0n) is 11.9. The lowest BCUT2D eigenvalue weighted by atomic mass is 9.89. The molecule has 3 nitrogen and oxygen atoms in total. The van der Waals surface area contributed by atoms with E-state index in [4.69, 9.17) is 5.73 Å². The molecule has 1 aliphatic rings. The third-order valence-corrected chi connectivity index (χ3v) is 5.01. The molecule has 2 unspecified atom stereocenters. The van der Waals surface area contributed by atoms with Crippen LogP contribution in [-0.2, 0) is 0 Å². The second kappa shape index (κ2) is 6.25. The third kappa shape index (κ3) is 3.71. The molecule has 0 spiro atoms. The first kappa shape index (κ1) is 14.8. The summed E-state index contributed by atoms with van der Waals surface area (Å²) in [6.45, 7) is 4.52. The predicted molar refractivity (Wildman–Crippen MR) is 80.4 cm³/mol. The summed E-state index contributed by atoms with van der Waals surface area (Å²) in [5.74, 6) is 1.36. The van der Waals surface area contributed by atoms with Gasteiger partial charge in [0, 0.05) is 12.2 Å². The third-order valence-electron chi connectivity index (χ3n) is 4.07. The number of hydrogen-bond donors (Lipinski definition) is 2. The Labute approximate surface area is 120 Å². The van der Waals surface area contributed by atoms with Crippen LogP contribution in [0.25, 0.3) is 0 Å². The molecule has 0 amide bonds. The van der Waals surface area contributed by atoms with Crippen molar-refractivity contribution in [3.05, 3.63) is 23.4 Å². The summed E-state index contributed by atoms with van der Waals surface area (Å²) in [4.78, 5) is 4.53. The molecular weight excluding hydrogens is 256 g/mol. The van der Waals surface area contributed by atoms with Crippen molar-refractivity contribution in [2.75, 3.05) is 12.3 Å². The summed E-state index contributed by atoms with van der Waals surface area (Å²) in [6, 6.07) is 4.22. The van der Waals surface area contributed by atoms with Crippen LogP contribution in [0.5, 0.6) is 0 Å². The molecule has 2 rings (SSSR count). The zero-order valence-corrected chi connectivity index (χ0v) is 12.7. The Morgan fingerprint density at radius 2 is 2.26 bits per heavy atom. The van der Waals surface area contributed by atoms with Gasteiger partial charge in [0.2, 0.25) is 0 Å². The highest BCUT2D eigenvalue weighted by Crippen LogP contribution is 2.38. The number of thioether (sulfide) groups is 1. The van der Waals surface area contributed by atoms with Gasteiger partial charge < -0.3 is 10.8 Å². The summed E-state index contributed by atoms with van der Waals surface area (Å²) in [5.41, 5.74) is 7.43. The van der Waals surface area contributed by atoms with Crippen LogP contribution in [0.4, 0.5) is 0 Å². The molecule has 3 N–H and O–H groups in total. The molecule has 0 aliphatic heterocycles. The Morgan fingerprint density at radius 3 is 2.95 bits per heavy atom. The highest BCUT2D eigenvalue weighted by atomic mass is 32.2. The quantitative estimate of drug-likeness (QED) is 0.814. The summed E-state index contributed by atoms with van der Waals surface area (Å²) in [7, 11) is 0. The van der Waals surface area contributed by atoms with E-state index in [2.05, 4.69) is 24.0 Å². The van der Waals surface area contributed by atoms with Gasteiger partial charge >= 0.3 is 0 Å². The molecule has 0 bridgehead atoms. The van der Waals surface area contributed by atoms with Gasteiger partial charge in [-0.25, -0.2) is 4.98 Å². The number of nitrogens with zero attached hydrogens (tertiary/aromatic N) is 1. The summed E-state index contributed by atoms with van der Waals surface area (Å²) in [6.07, 6.45) is 4.09. The number of nitrogens with two attached hydrogens (primary N) is 1. The van der Waals surface area contributed by atoms with E-state index < -0.39 is 5.60 Å². The summed E-state index contributed by atoms with van der Waals surface area (Å²) in [5, 5.41) is 11.5. The predicted octanol–water partition coefficient (Wildman–Crippen LogP) is 2.67. The highest BCUT2D eigenvalue weighted by molar-refractivity contribution is 7.99. The Bertz CT molecular complexity index is 418. The molecular formula is C15H24N2OS. The van der Waals surface area contributed by atoms with Crippen molar-refractivity contribution in [3.8, 4) is 0 Å². The van der Waals surface area contributed by atoms with Gasteiger partial charge in [0.05, 0.1) is 10.6 Å². The molecule has 0 aromatic carbocycles. The molecule has 106 valence electrons. The number of pyridine rings is 1. The fraction of sp³-hybridized carbons (Fsp3) is 0.667. The van der Waals surface area contributed by atoms with Crippen LogP contribution in [-0.4, -0.2) is 28.0 Å². The molecule has 19 heavy (non-hydrogen) atoms. The van der Waals surface area contributed by atoms with Gasteiger partial charge in [-0.05, 0) is 62.5 Å². The van der Waals surface area contributed by atoms with E-state index in [1.54, 1.807) is 11.8 Å². The maximum Gasteiger partial charge on any atom is 0.0965 e. The van der Waals surface area contributed by atoms with Crippen LogP contribution in [0.3, 0.4) is 0 Å². The van der Waals surface area contributed by atoms with E-state index in [0.717, 1.165) is 42.2 Å². The maximum atomic E-state index is 10.4. The Balaban J connectivity index is 1.86. The lowest BCUT2D eigenvalue weighted by Crippen LogP contribution is -2.41. The van der Waals surface area contributed by atoms with Crippen molar-refractivity contribution >= 4 is 11.8 Å². The fourth-order valence-electron chi connectivity index (χ4n) is 2.99. The van der Waals surface area contributed by atoms with Gasteiger partial charge in [0.15, 0.2) is 0 Å². The van der Waals surface area contributed by atoms with Crippen LogP contribution in [0.2, 0.25) is 0 Å². The number of aliphatic hydroxyl groups is 1. The number of rotatable bonds is 5. The Kier molecular flexibility index (Phi) is 4.87. The van der Waals surface area contributed by atoms with Crippen LogP contribution in [0, 0.1) is 19.8 Å². The van der Waals surface area contributed by atoms with Crippen molar-refractivity contribution < 1.29 is 5.11 Å². The molecule has 0 saturated heterocycles. The van der Waals surface area contributed by atoms with E-state index in [-0.39, 0.29) is 0 Å². The van der Waals surface area contributed by atoms with E-state index in [0.29, 0.717) is 12.5 Å². The first-order valence-electron chi connectivity index (χ1n) is 7.04. The average molecular weight is 280 g/mol. The largest absolute Gasteiger partial charge is 0.388 e. The molecule has 2 atom stereocenters. The molecule has 0 radical (unpaired) electrons. The second-order valence-corrected chi connectivity index (χ2v) is 6.77. The minimum atomic E-state index is -0.615. The average Bonchev–Trinajstić information content (AvgIpc) is 2.71. The number of hydrogen-bond acceptors (Lipinski definition) is 4. The smallest absolute Gasteiger partial charge is 0.0965 e. The fourth-order valence-corrected chi connectivity index (χ4v) is 4.08. The van der Waals surface area contributed by atoms with Gasteiger partial charge in [-0.3, -0.25) is 0 Å². The number of aryl methyl sites for hydroxylation is 2. The molecule has 1 aromatic heterocycles. The standard InChI is InChI=1S/C15H24N2OS/c1-11-8-12(2)17-14(9-11)19-7-5-13-4-3-6-15(13,18)10-16/h8-9,13,18H,3-7,10,16H2,1-2H3. The molecule has 1 saturated carbocycles. The van der Waals surface area contributed by atoms with E-state index in [1.807, 2.05) is 6.92 Å². The van der Waals surface area contributed by atoms with Crippen LogP contribution < -0.4 is 5.73 Å². The minimum absolute atomic E-state index is 0.357. The lowest BCUT2D eigenvalue weighted by molar-refractivity contribution is 0.0103. The Hall–Kier alpha value is -0.580. The first-order chi connectivity index (χ1) is 9.03. The molecule has 4 heteroatoms. The van der Waals surface area contributed by atoms with Gasteiger partial charge in [0.1, 0.15) is 0 Å². The monoisotopic (exact) mass is 280 g/mol. The molecule has 1 heterocycles. The molecule has 1 aromatic rings. The summed E-state index contributed by atoms with van der Waals surface area (Å²) >= 11 is 1.78. The number of aromatic nitrogens is 1. The van der Waals surface area contributed by atoms with Crippen LogP contribution in [0.15, 0.2) is 17.2 Å². The van der Waals surface area contributed by atoms with Crippen molar-refractivity contribution in [2.45, 2.75) is 50.2 Å². The van der Waals surface area contributed by atoms with E-state index in [9.17, 15) is 5.11 Å². The molecule has 1 fully saturated rings. The zero-order chi connectivity index (χ0) is 13.9. The lowest BCUT2D eigenvalue weighted by Gasteiger charge is -2.28. The Morgan fingerprint density at radius 1 is 1.47 bits per heavy atom. The van der Waals surface area contributed by atoms with Crippen molar-refractivity contribution in [2.24, 2.45) is 11.7 Å². The first-order valence-corrected chi connectivity index (χ1v) is 8.02. The summed E-state index contributed by atoms with van der Waals surface area (Å²) < 4.78 is 0. The SMILES string of the molecule is Cc1cc(C)nc(SCCC2CCCC2(O)CN)c1. The van der Waals surface area contributed by atoms with Crippen LogP contribution in [0.1, 0.15) is 36.9 Å². The second-order valence-electron chi connectivity index (χ2n) is 5.66. The van der Waals surface area contributed by atoms with E-state index in [1.165, 1.54) is 5.56 Å². The molecule has 1 aliphatic carbocycles. The van der Waals surface area contributed by atoms with Crippen molar-refractivity contribution in [1.82, 2.24) is 4.98 Å². The van der Waals surface area contributed by atoms with Crippen molar-refractivity contribution in [1.29, 1.82) is 0 Å². The van der Waals surface area contributed by atoms with Crippen LogP contribution >= 0.6 is 11.8 Å². The van der Waals surface area contributed by atoms with Crippen molar-refractivity contribution in [3.63, 3.8) is 0 Å². The highest BCUT2D eigenvalue weighted by Gasteiger charge is 2.39. The van der Waals surface area contributed by atoms with E-state index >= 15 is 0 Å². The normalized spacial score (nSPS) is 26.8.